The van der Waals surface area contributed by atoms with Crippen molar-refractivity contribution in [1.29, 1.82) is 0 Å². The van der Waals surface area contributed by atoms with Gasteiger partial charge in [0.1, 0.15) is 5.65 Å². The summed E-state index contributed by atoms with van der Waals surface area (Å²) in [7, 11) is 0. The van der Waals surface area contributed by atoms with Crippen LogP contribution in [0.4, 0.5) is 11.5 Å². The number of benzene rings is 1. The average molecular weight is 338 g/mol. The van der Waals surface area contributed by atoms with Crippen molar-refractivity contribution in [2.75, 3.05) is 6.79 Å². The first-order valence-corrected chi connectivity index (χ1v) is 8.09. The molecule has 3 aromatic rings. The van der Waals surface area contributed by atoms with Crippen molar-refractivity contribution in [2.24, 2.45) is 10.2 Å². The van der Waals surface area contributed by atoms with Gasteiger partial charge in [0.15, 0.2) is 17.3 Å². The van der Waals surface area contributed by atoms with Gasteiger partial charge >= 0.3 is 0 Å². The Morgan fingerprint density at radius 2 is 2.00 bits per heavy atom. The molecule has 1 aliphatic heterocycles. The van der Waals surface area contributed by atoms with E-state index in [0.29, 0.717) is 23.0 Å². The monoisotopic (exact) mass is 338 g/mol. The molecule has 0 spiro atoms. The molecule has 0 amide bonds. The summed E-state index contributed by atoms with van der Waals surface area (Å²) < 4.78 is 12.6. The van der Waals surface area contributed by atoms with Gasteiger partial charge in [0, 0.05) is 12.3 Å². The van der Waals surface area contributed by atoms with Crippen LogP contribution >= 0.6 is 0 Å². The summed E-state index contributed by atoms with van der Waals surface area (Å²) in [5, 5.41) is 18.1. The number of hydrogen-bond donors (Lipinski definition) is 1. The van der Waals surface area contributed by atoms with E-state index in [-0.39, 0.29) is 19.3 Å². The Labute approximate surface area is 144 Å². The van der Waals surface area contributed by atoms with E-state index >= 15 is 0 Å². The molecule has 0 bridgehead atoms. The highest BCUT2D eigenvalue weighted by Gasteiger charge is 2.16. The molecule has 4 rings (SSSR count). The fourth-order valence-electron chi connectivity index (χ4n) is 2.73. The number of rotatable bonds is 4. The molecule has 2 aromatic heterocycles. The average Bonchev–Trinajstić information content (AvgIpc) is 3.23. The van der Waals surface area contributed by atoms with Crippen molar-refractivity contribution in [2.45, 2.75) is 26.4 Å². The smallest absolute Gasteiger partial charge is 0.231 e. The first-order chi connectivity index (χ1) is 12.2. The number of azo groups is 1. The summed E-state index contributed by atoms with van der Waals surface area (Å²) in [5.41, 5.74) is 3.10. The Balaban J connectivity index is 1.75. The summed E-state index contributed by atoms with van der Waals surface area (Å²) in [6, 6.07) is 9.15. The second kappa shape index (κ2) is 6.18. The van der Waals surface area contributed by atoms with E-state index < -0.39 is 0 Å². The molecule has 0 radical (unpaired) electrons. The molecule has 3 heterocycles. The lowest BCUT2D eigenvalue weighted by Crippen LogP contribution is -1.92. The minimum absolute atomic E-state index is 0.0194. The fourth-order valence-corrected chi connectivity index (χ4v) is 2.73. The van der Waals surface area contributed by atoms with E-state index in [1.165, 1.54) is 0 Å². The summed E-state index contributed by atoms with van der Waals surface area (Å²) in [4.78, 5) is 4.64. The summed E-state index contributed by atoms with van der Waals surface area (Å²) in [5.74, 6) is 2.27. The van der Waals surface area contributed by atoms with Crippen molar-refractivity contribution in [3.8, 4) is 11.5 Å². The number of nitrogens with zero attached hydrogens (tertiary/aromatic N) is 4. The van der Waals surface area contributed by atoms with Crippen LogP contribution < -0.4 is 9.47 Å². The van der Waals surface area contributed by atoms with Gasteiger partial charge in [0.2, 0.25) is 6.79 Å². The van der Waals surface area contributed by atoms with Gasteiger partial charge in [-0.05, 0) is 35.7 Å². The van der Waals surface area contributed by atoms with Crippen LogP contribution in [0.2, 0.25) is 0 Å². The molecule has 1 N–H and O–H groups in total. The molecule has 0 unspecified atom stereocenters. The Morgan fingerprint density at radius 3 is 2.80 bits per heavy atom. The summed E-state index contributed by atoms with van der Waals surface area (Å²) in [6.45, 7) is 4.34. The lowest BCUT2D eigenvalue weighted by molar-refractivity contribution is 0.174. The predicted molar refractivity (Wildman–Crippen MR) is 91.9 cm³/mol. The number of aliphatic hydroxyl groups is 1. The molecule has 0 saturated heterocycles. The Kier molecular flexibility index (Phi) is 3.85. The molecule has 7 nitrogen and oxygen atoms in total. The van der Waals surface area contributed by atoms with Gasteiger partial charge < -0.3 is 14.6 Å². The van der Waals surface area contributed by atoms with E-state index in [1.54, 1.807) is 6.07 Å². The fraction of sp³-hybridized carbons (Fsp3) is 0.278. The molecule has 25 heavy (non-hydrogen) atoms. The lowest BCUT2D eigenvalue weighted by Gasteiger charge is -2.02. The summed E-state index contributed by atoms with van der Waals surface area (Å²) in [6.07, 6.45) is 1.85. The van der Waals surface area contributed by atoms with Gasteiger partial charge in [-0.3, -0.25) is 4.40 Å². The quantitative estimate of drug-likeness (QED) is 0.726. The third-order valence-corrected chi connectivity index (χ3v) is 4.04. The lowest BCUT2D eigenvalue weighted by atomic mass is 10.1. The molecule has 1 aromatic carbocycles. The molecule has 1 aliphatic rings. The molecule has 0 atom stereocenters. The molecular formula is C18H18N4O3. The zero-order chi connectivity index (χ0) is 17.4. The topological polar surface area (TPSA) is 80.7 Å². The van der Waals surface area contributed by atoms with E-state index in [9.17, 15) is 5.11 Å². The molecular weight excluding hydrogens is 320 g/mol. The maximum atomic E-state index is 9.31. The Morgan fingerprint density at radius 1 is 1.16 bits per heavy atom. The maximum Gasteiger partial charge on any atom is 0.231 e. The van der Waals surface area contributed by atoms with Crippen molar-refractivity contribution >= 4 is 17.2 Å². The number of fused-ring (bicyclic) bond motifs is 2. The zero-order valence-electron chi connectivity index (χ0n) is 14.0. The molecule has 0 fully saturated rings. The van der Waals surface area contributed by atoms with Crippen LogP contribution in [0.5, 0.6) is 11.5 Å². The van der Waals surface area contributed by atoms with Crippen molar-refractivity contribution in [3.05, 3.63) is 47.8 Å². The van der Waals surface area contributed by atoms with E-state index in [2.05, 4.69) is 29.1 Å². The standard InChI is InChI=1S/C18H18N4O3/c1-11(2)17-18(22-6-5-12(9-23)7-16(22)19-17)21-20-13-3-4-14-15(8-13)25-10-24-14/h3-8,11,23H,9-10H2,1-2H3. The van der Waals surface area contributed by atoms with Gasteiger partial charge in [0.05, 0.1) is 18.0 Å². The van der Waals surface area contributed by atoms with Gasteiger partial charge in [-0.25, -0.2) is 4.98 Å². The van der Waals surface area contributed by atoms with E-state index in [1.807, 2.05) is 34.9 Å². The highest BCUT2D eigenvalue weighted by molar-refractivity contribution is 5.55. The molecule has 128 valence electrons. The SMILES string of the molecule is CC(C)c1nc2cc(CO)ccn2c1N=Nc1ccc2c(c1)OCO2. The predicted octanol–water partition coefficient (Wildman–Crippen LogP) is 4.09. The molecule has 0 aliphatic carbocycles. The number of imidazole rings is 1. The third-order valence-electron chi connectivity index (χ3n) is 4.04. The first-order valence-electron chi connectivity index (χ1n) is 8.09. The summed E-state index contributed by atoms with van der Waals surface area (Å²) >= 11 is 0. The highest BCUT2D eigenvalue weighted by Crippen LogP contribution is 2.36. The maximum absolute atomic E-state index is 9.31. The number of aliphatic hydroxyl groups excluding tert-OH is 1. The zero-order valence-corrected chi connectivity index (χ0v) is 14.0. The van der Waals surface area contributed by atoms with Crippen LogP contribution in [0, 0.1) is 0 Å². The van der Waals surface area contributed by atoms with Gasteiger partial charge in [-0.15, -0.1) is 10.2 Å². The van der Waals surface area contributed by atoms with Crippen LogP contribution in [0.3, 0.4) is 0 Å². The Hall–Kier alpha value is -2.93. The highest BCUT2D eigenvalue weighted by atomic mass is 16.7. The second-order valence-corrected chi connectivity index (χ2v) is 6.13. The number of ether oxygens (including phenoxy) is 2. The van der Waals surface area contributed by atoms with Crippen molar-refractivity contribution in [3.63, 3.8) is 0 Å². The number of hydrogen-bond acceptors (Lipinski definition) is 6. The van der Waals surface area contributed by atoms with Crippen LogP contribution in [0.25, 0.3) is 5.65 Å². The molecule has 0 saturated carbocycles. The van der Waals surface area contributed by atoms with E-state index in [4.69, 9.17) is 9.47 Å². The Bertz CT molecular complexity index is 962. The second-order valence-electron chi connectivity index (χ2n) is 6.13. The van der Waals surface area contributed by atoms with Gasteiger partial charge in [-0.2, -0.15) is 0 Å². The first kappa shape index (κ1) is 15.6. The van der Waals surface area contributed by atoms with Gasteiger partial charge in [-0.1, -0.05) is 13.8 Å². The van der Waals surface area contributed by atoms with Crippen LogP contribution in [-0.2, 0) is 6.61 Å². The van der Waals surface area contributed by atoms with Crippen LogP contribution in [0.1, 0.15) is 31.0 Å². The van der Waals surface area contributed by atoms with Gasteiger partial charge in [0.25, 0.3) is 0 Å². The third kappa shape index (κ3) is 2.83. The molecule has 7 heteroatoms. The minimum atomic E-state index is -0.0194. The van der Waals surface area contributed by atoms with Crippen molar-refractivity contribution < 1.29 is 14.6 Å². The van der Waals surface area contributed by atoms with Crippen molar-refractivity contribution in [1.82, 2.24) is 9.38 Å². The number of aromatic nitrogens is 2. The normalized spacial score (nSPS) is 13.4. The van der Waals surface area contributed by atoms with Crippen LogP contribution in [0.15, 0.2) is 46.8 Å². The number of pyridine rings is 1. The minimum Gasteiger partial charge on any atom is -0.454 e. The van der Waals surface area contributed by atoms with Crippen LogP contribution in [-0.4, -0.2) is 21.3 Å². The van der Waals surface area contributed by atoms with E-state index in [0.717, 1.165) is 16.9 Å². The largest absolute Gasteiger partial charge is 0.454 e.